The number of anilines is 1. The van der Waals surface area contributed by atoms with Gasteiger partial charge in [0.05, 0.1) is 22.8 Å². The molecule has 1 aliphatic rings. The summed E-state index contributed by atoms with van der Waals surface area (Å²) in [5, 5.41) is 27.6. The van der Waals surface area contributed by atoms with Crippen LogP contribution in [0.5, 0.6) is 11.5 Å². The molecular formula is C9H7N7O4. The van der Waals surface area contributed by atoms with Gasteiger partial charge in [-0.1, -0.05) is 5.10 Å². The van der Waals surface area contributed by atoms with Gasteiger partial charge in [-0.15, -0.1) is 5.10 Å². The maximum atomic E-state index is 11.0. The molecule has 0 saturated carbocycles. The quantitative estimate of drug-likeness (QED) is 0.461. The lowest BCUT2D eigenvalue weighted by atomic mass is 10.1. The van der Waals surface area contributed by atoms with Crippen molar-refractivity contribution in [3.8, 4) is 11.5 Å². The summed E-state index contributed by atoms with van der Waals surface area (Å²) in [5.74, 6) is 0.904. The summed E-state index contributed by atoms with van der Waals surface area (Å²) in [6.45, 7) is 0.0359. The van der Waals surface area contributed by atoms with Crippen LogP contribution in [0.3, 0.4) is 0 Å². The highest BCUT2D eigenvalue weighted by Crippen LogP contribution is 2.37. The van der Waals surface area contributed by atoms with Crippen molar-refractivity contribution in [1.29, 1.82) is 0 Å². The van der Waals surface area contributed by atoms with Gasteiger partial charge in [0.25, 0.3) is 11.6 Å². The van der Waals surface area contributed by atoms with Gasteiger partial charge in [0.1, 0.15) is 0 Å². The van der Waals surface area contributed by atoms with Crippen molar-refractivity contribution in [3.05, 3.63) is 27.8 Å². The summed E-state index contributed by atoms with van der Waals surface area (Å²) < 4.78 is 10.2. The van der Waals surface area contributed by atoms with E-state index in [0.717, 1.165) is 0 Å². The summed E-state index contributed by atoms with van der Waals surface area (Å²) in [6, 6.07) is 2.76. The molecule has 0 radical (unpaired) electrons. The molecule has 0 unspecified atom stereocenters. The van der Waals surface area contributed by atoms with Gasteiger partial charge in [-0.3, -0.25) is 10.1 Å². The van der Waals surface area contributed by atoms with Crippen LogP contribution in [0.25, 0.3) is 0 Å². The van der Waals surface area contributed by atoms with Crippen LogP contribution < -0.4 is 14.9 Å². The Morgan fingerprint density at radius 3 is 2.95 bits per heavy atom. The van der Waals surface area contributed by atoms with Gasteiger partial charge in [-0.2, -0.15) is 10.3 Å². The van der Waals surface area contributed by atoms with E-state index in [4.69, 9.17) is 9.47 Å². The number of benzene rings is 1. The lowest BCUT2D eigenvalue weighted by Crippen LogP contribution is -1.97. The molecule has 3 rings (SSSR count). The first-order valence-electron chi connectivity index (χ1n) is 5.34. The lowest BCUT2D eigenvalue weighted by molar-refractivity contribution is -0.385. The van der Waals surface area contributed by atoms with Crippen LogP contribution in [0.2, 0.25) is 0 Å². The number of hydrogen-bond donors (Lipinski definition) is 2. The second kappa shape index (κ2) is 4.79. The fraction of sp³-hybridized carbons (Fsp3) is 0.111. The molecule has 20 heavy (non-hydrogen) atoms. The third kappa shape index (κ3) is 2.19. The molecule has 11 heteroatoms. The standard InChI is InChI=1S/C9H7N7O4/c17-16(18)6-2-8-7(19-4-20-8)1-5(6)3-10-11-9-12-14-15-13-9/h1-3H,4H2,(H2,11,12,13,14,15)/b10-3-. The van der Waals surface area contributed by atoms with Crippen LogP contribution in [0, 0.1) is 10.1 Å². The Morgan fingerprint density at radius 1 is 1.45 bits per heavy atom. The van der Waals surface area contributed by atoms with E-state index in [2.05, 4.69) is 31.2 Å². The second-order valence-corrected chi connectivity index (χ2v) is 3.63. The number of nitro groups is 1. The van der Waals surface area contributed by atoms with Crippen molar-refractivity contribution < 1.29 is 14.4 Å². The number of nitrogens with one attached hydrogen (secondary N) is 2. The number of aromatic nitrogens is 4. The Labute approximate surface area is 110 Å². The largest absolute Gasteiger partial charge is 0.454 e. The van der Waals surface area contributed by atoms with Crippen LogP contribution in [0.1, 0.15) is 5.56 Å². The summed E-state index contributed by atoms with van der Waals surface area (Å²) in [6.07, 6.45) is 1.26. The summed E-state index contributed by atoms with van der Waals surface area (Å²) in [7, 11) is 0. The lowest BCUT2D eigenvalue weighted by Gasteiger charge is -2.00. The van der Waals surface area contributed by atoms with Crippen LogP contribution in [-0.2, 0) is 0 Å². The number of rotatable bonds is 4. The van der Waals surface area contributed by atoms with Crippen LogP contribution in [0.15, 0.2) is 17.2 Å². The number of nitro benzene ring substituents is 1. The number of fused-ring (bicyclic) bond motifs is 1. The van der Waals surface area contributed by atoms with E-state index < -0.39 is 4.92 Å². The number of hydrogen-bond acceptors (Lipinski definition) is 9. The number of hydrazone groups is 1. The van der Waals surface area contributed by atoms with Crippen molar-refractivity contribution in [2.24, 2.45) is 5.10 Å². The van der Waals surface area contributed by atoms with Gasteiger partial charge in [-0.25, -0.2) is 5.43 Å². The predicted octanol–water partition coefficient (Wildman–Crippen LogP) is 0.283. The number of tetrazole rings is 1. The highest BCUT2D eigenvalue weighted by Gasteiger charge is 2.22. The van der Waals surface area contributed by atoms with Gasteiger partial charge in [0.2, 0.25) is 6.79 Å². The molecule has 1 aromatic carbocycles. The Morgan fingerprint density at radius 2 is 2.25 bits per heavy atom. The highest BCUT2D eigenvalue weighted by molar-refractivity contribution is 5.87. The molecule has 0 bridgehead atoms. The molecule has 2 heterocycles. The van der Waals surface area contributed by atoms with Gasteiger partial charge < -0.3 is 9.47 Å². The number of nitrogens with zero attached hydrogens (tertiary/aromatic N) is 5. The smallest absolute Gasteiger partial charge is 0.283 e. The van der Waals surface area contributed by atoms with Crippen LogP contribution in [0.4, 0.5) is 11.6 Å². The van der Waals surface area contributed by atoms with Gasteiger partial charge in [-0.05, 0) is 11.3 Å². The van der Waals surface area contributed by atoms with Crippen molar-refractivity contribution in [1.82, 2.24) is 20.6 Å². The number of H-pyrrole nitrogens is 1. The maximum absolute atomic E-state index is 11.0. The zero-order valence-corrected chi connectivity index (χ0v) is 9.81. The first kappa shape index (κ1) is 11.8. The van der Waals surface area contributed by atoms with Crippen molar-refractivity contribution >= 4 is 17.9 Å². The first-order valence-corrected chi connectivity index (χ1v) is 5.34. The molecular weight excluding hydrogens is 270 g/mol. The summed E-state index contributed by atoms with van der Waals surface area (Å²) in [5.41, 5.74) is 2.58. The zero-order chi connectivity index (χ0) is 13.9. The van der Waals surface area contributed by atoms with Crippen molar-refractivity contribution in [2.75, 3.05) is 12.2 Å². The SMILES string of the molecule is O=[N+]([O-])c1cc2c(cc1/C=N\Nc1nn[nH]n1)OCO2. The van der Waals surface area contributed by atoms with Crippen LogP contribution in [-0.4, -0.2) is 38.6 Å². The third-order valence-electron chi connectivity index (χ3n) is 2.43. The Balaban J connectivity index is 1.87. The summed E-state index contributed by atoms with van der Waals surface area (Å²) in [4.78, 5) is 10.5. The molecule has 2 N–H and O–H groups in total. The van der Waals surface area contributed by atoms with Gasteiger partial charge >= 0.3 is 0 Å². The monoisotopic (exact) mass is 277 g/mol. The van der Waals surface area contributed by atoms with Gasteiger partial charge in [0, 0.05) is 0 Å². The van der Waals surface area contributed by atoms with E-state index in [-0.39, 0.29) is 24.0 Å². The average molecular weight is 277 g/mol. The molecule has 11 nitrogen and oxygen atoms in total. The normalized spacial score (nSPS) is 12.8. The molecule has 1 aliphatic heterocycles. The van der Waals surface area contributed by atoms with E-state index in [1.165, 1.54) is 18.3 Å². The highest BCUT2D eigenvalue weighted by atomic mass is 16.7. The molecule has 0 saturated heterocycles. The number of ether oxygens (including phenoxy) is 2. The van der Waals surface area contributed by atoms with E-state index in [9.17, 15) is 10.1 Å². The maximum Gasteiger partial charge on any atom is 0.283 e. The molecule has 0 atom stereocenters. The summed E-state index contributed by atoms with van der Waals surface area (Å²) >= 11 is 0. The van der Waals surface area contributed by atoms with E-state index in [1.54, 1.807) is 0 Å². The molecule has 102 valence electrons. The van der Waals surface area contributed by atoms with Crippen LogP contribution >= 0.6 is 0 Å². The fourth-order valence-corrected chi connectivity index (χ4v) is 1.58. The molecule has 0 fully saturated rings. The zero-order valence-electron chi connectivity index (χ0n) is 9.81. The van der Waals surface area contributed by atoms with E-state index in [1.807, 2.05) is 0 Å². The first-order chi connectivity index (χ1) is 9.74. The molecule has 0 amide bonds. The Kier molecular flexibility index (Phi) is 2.84. The van der Waals surface area contributed by atoms with Crippen molar-refractivity contribution in [3.63, 3.8) is 0 Å². The average Bonchev–Trinajstić information content (AvgIpc) is 3.07. The Hall–Kier alpha value is -3.24. The molecule has 0 spiro atoms. The van der Waals surface area contributed by atoms with E-state index in [0.29, 0.717) is 11.5 Å². The second-order valence-electron chi connectivity index (χ2n) is 3.63. The third-order valence-corrected chi connectivity index (χ3v) is 2.43. The Bertz CT molecular complexity index is 669. The minimum absolute atomic E-state index is 0.0359. The predicted molar refractivity (Wildman–Crippen MR) is 64.6 cm³/mol. The minimum atomic E-state index is -0.530. The molecule has 0 aliphatic carbocycles. The number of aromatic amines is 1. The topological polar surface area (TPSA) is 140 Å². The van der Waals surface area contributed by atoms with E-state index >= 15 is 0 Å². The van der Waals surface area contributed by atoms with Gasteiger partial charge in [0.15, 0.2) is 11.5 Å². The molecule has 1 aromatic heterocycles. The fourth-order valence-electron chi connectivity index (χ4n) is 1.58. The van der Waals surface area contributed by atoms with Crippen molar-refractivity contribution in [2.45, 2.75) is 0 Å². The molecule has 2 aromatic rings. The minimum Gasteiger partial charge on any atom is -0.454 e.